The molecule has 42 heavy (non-hydrogen) atoms. The molecular formula is C33H29ClN2O6. The monoisotopic (exact) mass is 584 g/mol. The van der Waals surface area contributed by atoms with Gasteiger partial charge in [-0.15, -0.1) is 0 Å². The average Bonchev–Trinajstić information content (AvgIpc) is 3.32. The smallest absolute Gasteiger partial charge is 0.411 e. The molecule has 0 saturated carbocycles. The number of benzene rings is 4. The molecule has 3 N–H and O–H groups in total. The molecule has 1 aliphatic carbocycles. The predicted octanol–water partition coefficient (Wildman–Crippen LogP) is 6.49. The van der Waals surface area contributed by atoms with E-state index in [1.54, 1.807) is 6.92 Å². The van der Waals surface area contributed by atoms with Gasteiger partial charge in [0.15, 0.2) is 6.04 Å². The van der Waals surface area contributed by atoms with Crippen LogP contribution in [0.2, 0.25) is 5.02 Å². The number of aliphatic carboxylic acids is 1. The summed E-state index contributed by atoms with van der Waals surface area (Å²) in [6.07, 6.45) is -1.56. The first-order valence-corrected chi connectivity index (χ1v) is 13.8. The Morgan fingerprint density at radius 3 is 2.14 bits per heavy atom. The number of carboxylic acid groups (broad SMARTS) is 1. The summed E-state index contributed by atoms with van der Waals surface area (Å²) in [6.45, 7) is 1.88. The third kappa shape index (κ3) is 6.46. The van der Waals surface area contributed by atoms with E-state index in [0.717, 1.165) is 27.8 Å². The topological polar surface area (TPSA) is 114 Å². The SMILES string of the molecule is C[C@H](OCc1ccccc1)[C@@H](NC(=O)c1ccc(Cl)c(NC(=O)OCC2c3ccccc3-c3ccccc32)c1)C(=O)O. The maximum Gasteiger partial charge on any atom is 0.411 e. The highest BCUT2D eigenvalue weighted by Crippen LogP contribution is 2.44. The molecule has 5 rings (SSSR count). The van der Waals surface area contributed by atoms with E-state index in [0.29, 0.717) is 0 Å². The minimum atomic E-state index is -1.31. The second kappa shape index (κ2) is 12.9. The van der Waals surface area contributed by atoms with Crippen LogP contribution in [0.15, 0.2) is 97.1 Å². The van der Waals surface area contributed by atoms with Gasteiger partial charge in [0.25, 0.3) is 5.91 Å². The van der Waals surface area contributed by atoms with Crippen molar-refractivity contribution in [1.29, 1.82) is 0 Å². The number of hydrogen-bond acceptors (Lipinski definition) is 5. The third-order valence-corrected chi connectivity index (χ3v) is 7.52. The Kier molecular flexibility index (Phi) is 8.85. The molecule has 0 aliphatic heterocycles. The van der Waals surface area contributed by atoms with Gasteiger partial charge in [-0.1, -0.05) is 90.5 Å². The molecule has 2 atom stereocenters. The number of hydrogen-bond donors (Lipinski definition) is 3. The summed E-state index contributed by atoms with van der Waals surface area (Å²) in [7, 11) is 0. The molecule has 0 saturated heterocycles. The van der Waals surface area contributed by atoms with Gasteiger partial charge in [-0.25, -0.2) is 9.59 Å². The fourth-order valence-corrected chi connectivity index (χ4v) is 5.17. The summed E-state index contributed by atoms with van der Waals surface area (Å²) in [5.41, 5.74) is 5.53. The molecule has 9 heteroatoms. The Labute approximate surface area is 248 Å². The standard InChI is InChI=1S/C33H29ClN2O6/c1-20(41-18-21-9-3-2-4-10-21)30(32(38)39)36-31(37)22-15-16-28(34)29(17-22)35-33(40)42-19-27-25-13-7-5-11-23(25)24-12-6-8-14-26(24)27/h2-17,20,27,30H,18-19H2,1H3,(H,35,40)(H,36,37)(H,38,39)/t20-,30+/m0/s1. The fourth-order valence-electron chi connectivity index (χ4n) is 5.01. The van der Waals surface area contributed by atoms with Crippen molar-refractivity contribution in [3.8, 4) is 11.1 Å². The van der Waals surface area contributed by atoms with E-state index >= 15 is 0 Å². The molecule has 1 aliphatic rings. The number of ether oxygens (including phenoxy) is 2. The highest BCUT2D eigenvalue weighted by atomic mass is 35.5. The molecule has 0 bridgehead atoms. The van der Waals surface area contributed by atoms with E-state index in [1.165, 1.54) is 18.2 Å². The van der Waals surface area contributed by atoms with Crippen LogP contribution in [-0.4, -0.2) is 41.8 Å². The van der Waals surface area contributed by atoms with Gasteiger partial charge >= 0.3 is 12.1 Å². The zero-order valence-corrected chi connectivity index (χ0v) is 23.5. The van der Waals surface area contributed by atoms with Crippen molar-refractivity contribution in [3.05, 3.63) is 124 Å². The molecule has 8 nitrogen and oxygen atoms in total. The van der Waals surface area contributed by atoms with Crippen LogP contribution in [0.4, 0.5) is 10.5 Å². The van der Waals surface area contributed by atoms with Gasteiger partial charge in [-0.2, -0.15) is 0 Å². The normalized spacial score (nSPS) is 13.4. The van der Waals surface area contributed by atoms with E-state index in [4.69, 9.17) is 21.1 Å². The highest BCUT2D eigenvalue weighted by molar-refractivity contribution is 6.33. The molecular weight excluding hydrogens is 556 g/mol. The van der Waals surface area contributed by atoms with Crippen LogP contribution >= 0.6 is 11.6 Å². The fraction of sp³-hybridized carbons (Fsp3) is 0.182. The number of fused-ring (bicyclic) bond motifs is 3. The zero-order chi connectivity index (χ0) is 29.6. The number of carbonyl (C=O) groups is 3. The molecule has 4 aromatic rings. The van der Waals surface area contributed by atoms with Crippen LogP contribution in [0, 0.1) is 0 Å². The molecule has 2 amide bonds. The van der Waals surface area contributed by atoms with Crippen LogP contribution in [0.5, 0.6) is 0 Å². The van der Waals surface area contributed by atoms with Crippen molar-refractivity contribution in [3.63, 3.8) is 0 Å². The van der Waals surface area contributed by atoms with E-state index in [9.17, 15) is 19.5 Å². The van der Waals surface area contributed by atoms with Crippen LogP contribution in [0.1, 0.15) is 39.9 Å². The van der Waals surface area contributed by atoms with Gasteiger partial charge in [0.05, 0.1) is 23.4 Å². The molecule has 0 fully saturated rings. The largest absolute Gasteiger partial charge is 0.480 e. The van der Waals surface area contributed by atoms with Gasteiger partial charge in [0, 0.05) is 11.5 Å². The Hall–Kier alpha value is -4.66. The van der Waals surface area contributed by atoms with E-state index < -0.39 is 30.1 Å². The van der Waals surface area contributed by atoms with Gasteiger partial charge in [0.2, 0.25) is 0 Å². The lowest BCUT2D eigenvalue weighted by Crippen LogP contribution is -2.48. The van der Waals surface area contributed by atoms with Gasteiger partial charge < -0.3 is 19.9 Å². The summed E-state index contributed by atoms with van der Waals surface area (Å²) >= 11 is 6.30. The van der Waals surface area contributed by atoms with E-state index in [-0.39, 0.29) is 35.4 Å². The second-order valence-electron chi connectivity index (χ2n) is 9.94. The van der Waals surface area contributed by atoms with Crippen LogP contribution in [0.3, 0.4) is 0 Å². The first-order chi connectivity index (χ1) is 20.3. The van der Waals surface area contributed by atoms with Gasteiger partial charge in [0.1, 0.15) is 6.61 Å². The quantitative estimate of drug-likeness (QED) is 0.196. The Balaban J connectivity index is 1.22. The van der Waals surface area contributed by atoms with Crippen LogP contribution in [0.25, 0.3) is 11.1 Å². The third-order valence-electron chi connectivity index (χ3n) is 7.19. The Bertz CT molecular complexity index is 1560. The number of halogens is 1. The first-order valence-electron chi connectivity index (χ1n) is 13.4. The summed E-state index contributed by atoms with van der Waals surface area (Å²) in [4.78, 5) is 37.7. The van der Waals surface area contributed by atoms with Crippen molar-refractivity contribution in [2.75, 3.05) is 11.9 Å². The number of rotatable bonds is 10. The summed E-state index contributed by atoms with van der Waals surface area (Å²) in [6, 6.07) is 28.3. The van der Waals surface area contributed by atoms with Crippen molar-refractivity contribution in [2.45, 2.75) is 31.6 Å². The predicted molar refractivity (Wildman–Crippen MR) is 160 cm³/mol. The van der Waals surface area contributed by atoms with Gasteiger partial charge in [-0.05, 0) is 52.9 Å². The summed E-state index contributed by atoms with van der Waals surface area (Å²) in [5, 5.41) is 15.0. The second-order valence-corrected chi connectivity index (χ2v) is 10.3. The van der Waals surface area contributed by atoms with Crippen LogP contribution in [-0.2, 0) is 20.9 Å². The van der Waals surface area contributed by atoms with Crippen molar-refractivity contribution < 1.29 is 29.0 Å². The maximum absolute atomic E-state index is 13.0. The van der Waals surface area contributed by atoms with E-state index in [1.807, 2.05) is 66.7 Å². The number of carboxylic acids is 1. The number of nitrogens with one attached hydrogen (secondary N) is 2. The van der Waals surface area contributed by atoms with Gasteiger partial charge in [-0.3, -0.25) is 10.1 Å². The van der Waals surface area contributed by atoms with Crippen molar-refractivity contribution in [1.82, 2.24) is 5.32 Å². The lowest BCUT2D eigenvalue weighted by molar-refractivity contribution is -0.143. The minimum Gasteiger partial charge on any atom is -0.480 e. The van der Waals surface area contributed by atoms with Crippen LogP contribution < -0.4 is 10.6 Å². The summed E-state index contributed by atoms with van der Waals surface area (Å²) < 4.78 is 11.3. The minimum absolute atomic E-state index is 0.106. The van der Waals surface area contributed by atoms with Crippen molar-refractivity contribution >= 4 is 35.3 Å². The van der Waals surface area contributed by atoms with E-state index in [2.05, 4.69) is 22.8 Å². The molecule has 214 valence electrons. The first kappa shape index (κ1) is 28.9. The van der Waals surface area contributed by atoms with Crippen molar-refractivity contribution in [2.24, 2.45) is 0 Å². The maximum atomic E-state index is 13.0. The summed E-state index contributed by atoms with van der Waals surface area (Å²) in [5.74, 6) is -2.02. The Morgan fingerprint density at radius 2 is 1.50 bits per heavy atom. The molecule has 0 unspecified atom stereocenters. The molecule has 0 spiro atoms. The number of anilines is 1. The lowest BCUT2D eigenvalue weighted by atomic mass is 9.98. The number of carbonyl (C=O) groups excluding carboxylic acids is 2. The Morgan fingerprint density at radius 1 is 0.881 bits per heavy atom. The molecule has 0 heterocycles. The highest BCUT2D eigenvalue weighted by Gasteiger charge is 2.30. The average molecular weight is 585 g/mol. The molecule has 0 aromatic heterocycles. The molecule has 4 aromatic carbocycles. The lowest BCUT2D eigenvalue weighted by Gasteiger charge is -2.22. The molecule has 0 radical (unpaired) electrons. The zero-order valence-electron chi connectivity index (χ0n) is 22.8. The number of amides is 2.